The van der Waals surface area contributed by atoms with Gasteiger partial charge in [0.05, 0.1) is 0 Å². The van der Waals surface area contributed by atoms with Crippen molar-refractivity contribution in [3.63, 3.8) is 0 Å². The largest absolute Gasteiger partial charge is 0.296 e. The van der Waals surface area contributed by atoms with Gasteiger partial charge in [0.15, 0.2) is 11.9 Å². The predicted molar refractivity (Wildman–Crippen MR) is 88.3 cm³/mol. The molecule has 2 rings (SSSR count). The zero-order valence-corrected chi connectivity index (χ0v) is 13.2. The fourth-order valence-corrected chi connectivity index (χ4v) is 2.14. The SMILES string of the molecule is CC(C)CNOC(C(=O)Cc1ccccc1)c1ccccc1. The van der Waals surface area contributed by atoms with Crippen LogP contribution in [-0.4, -0.2) is 12.3 Å². The zero-order chi connectivity index (χ0) is 15.8. The van der Waals surface area contributed by atoms with Crippen molar-refractivity contribution in [1.82, 2.24) is 5.48 Å². The van der Waals surface area contributed by atoms with Gasteiger partial charge in [0.1, 0.15) is 0 Å². The molecule has 0 fully saturated rings. The number of nitrogens with one attached hydrogen (secondary N) is 1. The molecular weight excluding hydrogens is 274 g/mol. The van der Waals surface area contributed by atoms with Crippen LogP contribution >= 0.6 is 0 Å². The van der Waals surface area contributed by atoms with E-state index in [4.69, 9.17) is 4.84 Å². The second kappa shape index (κ2) is 8.47. The molecule has 22 heavy (non-hydrogen) atoms. The molecule has 0 aliphatic heterocycles. The molecule has 0 saturated carbocycles. The van der Waals surface area contributed by atoms with E-state index in [1.54, 1.807) is 0 Å². The average Bonchev–Trinajstić information content (AvgIpc) is 2.53. The van der Waals surface area contributed by atoms with E-state index in [0.29, 0.717) is 18.9 Å². The monoisotopic (exact) mass is 297 g/mol. The van der Waals surface area contributed by atoms with Gasteiger partial charge < -0.3 is 0 Å². The predicted octanol–water partition coefficient (Wildman–Crippen LogP) is 3.72. The highest BCUT2D eigenvalue weighted by Gasteiger charge is 2.21. The zero-order valence-electron chi connectivity index (χ0n) is 13.2. The Balaban J connectivity index is 2.07. The number of Topliss-reactive ketones (excluding diaryl/α,β-unsaturated/α-hetero) is 1. The topological polar surface area (TPSA) is 38.3 Å². The molecule has 0 aliphatic rings. The number of hydrogen-bond acceptors (Lipinski definition) is 3. The normalized spacial score (nSPS) is 12.3. The lowest BCUT2D eigenvalue weighted by Gasteiger charge is -2.18. The summed E-state index contributed by atoms with van der Waals surface area (Å²) in [7, 11) is 0. The number of carbonyl (C=O) groups excluding carboxylic acids is 1. The molecule has 1 unspecified atom stereocenters. The van der Waals surface area contributed by atoms with Gasteiger partial charge in [-0.15, -0.1) is 0 Å². The maximum atomic E-state index is 12.6. The molecule has 3 nitrogen and oxygen atoms in total. The van der Waals surface area contributed by atoms with Gasteiger partial charge in [-0.25, -0.2) is 5.48 Å². The third-order valence-corrected chi connectivity index (χ3v) is 3.31. The second-order valence-corrected chi connectivity index (χ2v) is 5.78. The quantitative estimate of drug-likeness (QED) is 0.755. The van der Waals surface area contributed by atoms with Crippen LogP contribution in [0.25, 0.3) is 0 Å². The molecule has 0 aromatic heterocycles. The van der Waals surface area contributed by atoms with Crippen molar-refractivity contribution >= 4 is 5.78 Å². The summed E-state index contributed by atoms with van der Waals surface area (Å²) in [5.41, 5.74) is 4.80. The molecule has 0 amide bonds. The highest BCUT2D eigenvalue weighted by molar-refractivity contribution is 5.86. The number of hydroxylamine groups is 1. The van der Waals surface area contributed by atoms with E-state index in [1.807, 2.05) is 60.7 Å². The number of benzene rings is 2. The molecule has 0 saturated heterocycles. The number of carbonyl (C=O) groups is 1. The standard InChI is InChI=1S/C19H23NO2/c1-15(2)14-20-22-19(17-11-7-4-8-12-17)18(21)13-16-9-5-3-6-10-16/h3-12,15,19-20H,13-14H2,1-2H3. The molecule has 1 N–H and O–H groups in total. The first-order valence-electron chi connectivity index (χ1n) is 7.67. The fraction of sp³-hybridized carbons (Fsp3) is 0.316. The fourth-order valence-electron chi connectivity index (χ4n) is 2.14. The summed E-state index contributed by atoms with van der Waals surface area (Å²) in [6, 6.07) is 19.4. The summed E-state index contributed by atoms with van der Waals surface area (Å²) in [5.74, 6) is 0.509. The Labute approximate surface area is 132 Å². The van der Waals surface area contributed by atoms with Gasteiger partial charge >= 0.3 is 0 Å². The van der Waals surface area contributed by atoms with Gasteiger partial charge in [-0.1, -0.05) is 74.5 Å². The van der Waals surface area contributed by atoms with Gasteiger partial charge in [-0.2, -0.15) is 0 Å². The van der Waals surface area contributed by atoms with Crippen molar-refractivity contribution < 1.29 is 9.63 Å². The van der Waals surface area contributed by atoms with Crippen LogP contribution in [0.2, 0.25) is 0 Å². The van der Waals surface area contributed by atoms with Crippen LogP contribution in [0.15, 0.2) is 60.7 Å². The summed E-state index contributed by atoms with van der Waals surface area (Å²) < 4.78 is 0. The van der Waals surface area contributed by atoms with Crippen molar-refractivity contribution in [2.45, 2.75) is 26.4 Å². The number of rotatable bonds is 8. The molecule has 3 heteroatoms. The van der Waals surface area contributed by atoms with Gasteiger partial charge in [-0.05, 0) is 17.0 Å². The lowest BCUT2D eigenvalue weighted by Crippen LogP contribution is -2.28. The highest BCUT2D eigenvalue weighted by atomic mass is 16.7. The van der Waals surface area contributed by atoms with Crippen LogP contribution in [-0.2, 0) is 16.1 Å². The van der Waals surface area contributed by atoms with Gasteiger partial charge in [-0.3, -0.25) is 9.63 Å². The van der Waals surface area contributed by atoms with Crippen LogP contribution in [0, 0.1) is 5.92 Å². The second-order valence-electron chi connectivity index (χ2n) is 5.78. The van der Waals surface area contributed by atoms with Gasteiger partial charge in [0.25, 0.3) is 0 Å². The maximum absolute atomic E-state index is 12.6. The third kappa shape index (κ3) is 5.10. The first-order chi connectivity index (χ1) is 10.7. The van der Waals surface area contributed by atoms with Crippen LogP contribution in [0.5, 0.6) is 0 Å². The van der Waals surface area contributed by atoms with Crippen LogP contribution in [0.1, 0.15) is 31.1 Å². The summed E-state index contributed by atoms with van der Waals surface area (Å²) in [6.07, 6.45) is -0.218. The first-order valence-corrected chi connectivity index (χ1v) is 7.67. The molecule has 1 atom stereocenters. The maximum Gasteiger partial charge on any atom is 0.172 e. The minimum absolute atomic E-state index is 0.0497. The van der Waals surface area contributed by atoms with Crippen LogP contribution in [0.3, 0.4) is 0 Å². The first kappa shape index (κ1) is 16.4. The van der Waals surface area contributed by atoms with E-state index in [-0.39, 0.29) is 5.78 Å². The molecule has 2 aromatic carbocycles. The van der Waals surface area contributed by atoms with Crippen molar-refractivity contribution in [3.05, 3.63) is 71.8 Å². The minimum atomic E-state index is -0.583. The molecule has 0 aliphatic carbocycles. The Hall–Kier alpha value is -1.97. The van der Waals surface area contributed by atoms with Crippen molar-refractivity contribution in [2.75, 3.05) is 6.54 Å². The Kier molecular flexibility index (Phi) is 6.31. The number of hydrogen-bond donors (Lipinski definition) is 1. The van der Waals surface area contributed by atoms with E-state index in [1.165, 1.54) is 0 Å². The Morgan fingerprint density at radius 1 is 1.00 bits per heavy atom. The van der Waals surface area contributed by atoms with E-state index in [0.717, 1.165) is 11.1 Å². The van der Waals surface area contributed by atoms with Gasteiger partial charge in [0, 0.05) is 13.0 Å². The molecule has 0 bridgehead atoms. The molecule has 116 valence electrons. The Morgan fingerprint density at radius 3 is 2.18 bits per heavy atom. The summed E-state index contributed by atoms with van der Waals surface area (Å²) >= 11 is 0. The molecular formula is C19H23NO2. The smallest absolute Gasteiger partial charge is 0.172 e. The van der Waals surface area contributed by atoms with E-state index in [2.05, 4.69) is 19.3 Å². The Bertz CT molecular complexity index is 567. The van der Waals surface area contributed by atoms with Crippen LogP contribution < -0.4 is 5.48 Å². The van der Waals surface area contributed by atoms with Crippen LogP contribution in [0.4, 0.5) is 0 Å². The van der Waals surface area contributed by atoms with Crippen molar-refractivity contribution in [2.24, 2.45) is 5.92 Å². The minimum Gasteiger partial charge on any atom is -0.296 e. The summed E-state index contributed by atoms with van der Waals surface area (Å²) in [5, 5.41) is 0. The molecule has 0 spiro atoms. The number of ketones is 1. The molecule has 0 radical (unpaired) electrons. The van der Waals surface area contributed by atoms with E-state index in [9.17, 15) is 4.79 Å². The van der Waals surface area contributed by atoms with E-state index < -0.39 is 6.10 Å². The lowest BCUT2D eigenvalue weighted by atomic mass is 10.00. The molecule has 0 heterocycles. The molecule has 2 aromatic rings. The highest BCUT2D eigenvalue weighted by Crippen LogP contribution is 2.19. The van der Waals surface area contributed by atoms with Gasteiger partial charge in [0.2, 0.25) is 0 Å². The lowest BCUT2D eigenvalue weighted by molar-refractivity contribution is -0.136. The Morgan fingerprint density at radius 2 is 1.59 bits per heavy atom. The summed E-state index contributed by atoms with van der Waals surface area (Å²) in [6.45, 7) is 4.90. The third-order valence-electron chi connectivity index (χ3n) is 3.31. The summed E-state index contributed by atoms with van der Waals surface area (Å²) in [4.78, 5) is 18.3. The van der Waals surface area contributed by atoms with Crippen molar-refractivity contribution in [3.8, 4) is 0 Å². The average molecular weight is 297 g/mol. The van der Waals surface area contributed by atoms with E-state index >= 15 is 0 Å². The van der Waals surface area contributed by atoms with Crippen molar-refractivity contribution in [1.29, 1.82) is 0 Å².